The topological polar surface area (TPSA) is 86.8 Å². The van der Waals surface area contributed by atoms with Crippen molar-refractivity contribution in [2.24, 2.45) is 17.8 Å². The molecule has 50 heavy (non-hydrogen) atoms. The zero-order chi connectivity index (χ0) is 35.0. The molecule has 10 heteroatoms. The minimum atomic E-state index is -3.87. The molecule has 5 saturated carbocycles. The Balaban J connectivity index is 1.19. The molecule has 0 aliphatic heterocycles. The molecular formula is C40H47Cl2N3O4S. The van der Waals surface area contributed by atoms with Crippen molar-refractivity contribution in [2.45, 2.75) is 94.7 Å². The lowest BCUT2D eigenvalue weighted by atomic mass is 9.48. The van der Waals surface area contributed by atoms with Gasteiger partial charge in [0.15, 0.2) is 0 Å². The van der Waals surface area contributed by atoms with E-state index in [0.717, 1.165) is 55.3 Å². The van der Waals surface area contributed by atoms with Crippen molar-refractivity contribution >= 4 is 50.7 Å². The normalized spacial score (nSPS) is 25.0. The summed E-state index contributed by atoms with van der Waals surface area (Å²) in [4.78, 5) is 30.2. The van der Waals surface area contributed by atoms with Crippen LogP contribution in [0.1, 0.15) is 80.9 Å². The van der Waals surface area contributed by atoms with Crippen LogP contribution < -0.4 is 9.62 Å². The number of sulfonamides is 1. The van der Waals surface area contributed by atoms with E-state index in [4.69, 9.17) is 23.2 Å². The summed E-state index contributed by atoms with van der Waals surface area (Å²) in [7, 11) is -3.87. The Hall–Kier alpha value is -3.07. The molecule has 0 radical (unpaired) electrons. The molecule has 266 valence electrons. The van der Waals surface area contributed by atoms with Crippen LogP contribution in [0.3, 0.4) is 0 Å². The molecule has 1 N–H and O–H groups in total. The molecule has 3 aromatic carbocycles. The van der Waals surface area contributed by atoms with Crippen LogP contribution >= 0.6 is 23.2 Å². The van der Waals surface area contributed by atoms with Crippen LogP contribution in [0.15, 0.2) is 72.8 Å². The predicted octanol–water partition coefficient (Wildman–Crippen LogP) is 7.93. The van der Waals surface area contributed by atoms with Crippen molar-refractivity contribution in [1.82, 2.24) is 10.2 Å². The third kappa shape index (κ3) is 7.73. The number of nitrogens with one attached hydrogen (secondary N) is 1. The number of hydrogen-bond acceptors (Lipinski definition) is 4. The summed E-state index contributed by atoms with van der Waals surface area (Å²) in [5, 5.41) is 3.92. The zero-order valence-electron chi connectivity index (χ0n) is 28.7. The maximum Gasteiger partial charge on any atom is 0.244 e. The van der Waals surface area contributed by atoms with E-state index in [-0.39, 0.29) is 30.3 Å². The van der Waals surface area contributed by atoms with E-state index in [1.807, 2.05) is 42.5 Å². The summed E-state index contributed by atoms with van der Waals surface area (Å²) < 4.78 is 28.0. The predicted molar refractivity (Wildman–Crippen MR) is 200 cm³/mol. The van der Waals surface area contributed by atoms with Gasteiger partial charge in [0.25, 0.3) is 0 Å². The fourth-order valence-corrected chi connectivity index (χ4v) is 11.0. The molecule has 3 aromatic rings. The number of nitrogens with zero attached hydrogens (tertiary/aromatic N) is 2. The highest BCUT2D eigenvalue weighted by Crippen LogP contribution is 2.60. The van der Waals surface area contributed by atoms with E-state index < -0.39 is 28.5 Å². The van der Waals surface area contributed by atoms with Gasteiger partial charge < -0.3 is 10.2 Å². The standard InChI is InChI=1S/C40H47Cl2N3O4S/c1-50(48,49)45(34-14-12-32(13-15-34)40-22-29-17-30(23-40)19-31(18-29)24-40)26-38(46)44(25-28-11-16-35(41)36(42)20-28)37(21-27-7-3-2-4-8-27)39(47)43-33-9-5-6-10-33/h2-4,7-8,11-16,20,29-31,33,37H,5-6,9-10,17-19,21-26H2,1H3,(H,43,47)/t29?,30?,31?,37-,40?/m0/s1. The number of halogens is 2. The van der Waals surface area contributed by atoms with E-state index in [9.17, 15) is 18.0 Å². The number of hydrogen-bond donors (Lipinski definition) is 1. The first-order valence-electron chi connectivity index (χ1n) is 18.1. The lowest BCUT2D eigenvalue weighted by Gasteiger charge is -2.57. The van der Waals surface area contributed by atoms with Crippen LogP contribution in [0.5, 0.6) is 0 Å². The second kappa shape index (κ2) is 14.5. The monoisotopic (exact) mass is 735 g/mol. The maximum atomic E-state index is 14.6. The number of amides is 2. The Morgan fingerprint density at radius 3 is 2.04 bits per heavy atom. The summed E-state index contributed by atoms with van der Waals surface area (Å²) in [6.07, 6.45) is 13.0. The smallest absolute Gasteiger partial charge is 0.244 e. The first-order valence-corrected chi connectivity index (χ1v) is 20.7. The number of anilines is 1. The molecule has 5 aliphatic rings. The zero-order valence-corrected chi connectivity index (χ0v) is 31.0. The molecular weight excluding hydrogens is 689 g/mol. The Bertz CT molecular complexity index is 1780. The minimum absolute atomic E-state index is 0.0442. The number of carbonyl (C=O) groups excluding carboxylic acids is 2. The fraction of sp³-hybridized carbons (Fsp3) is 0.500. The van der Waals surface area contributed by atoms with Crippen molar-refractivity contribution in [2.75, 3.05) is 17.1 Å². The molecule has 8 rings (SSSR count). The van der Waals surface area contributed by atoms with E-state index in [1.165, 1.54) is 53.3 Å². The Kier molecular flexibility index (Phi) is 10.3. The molecule has 0 heterocycles. The molecule has 2 amide bonds. The van der Waals surface area contributed by atoms with Gasteiger partial charge >= 0.3 is 0 Å². The van der Waals surface area contributed by atoms with Crippen molar-refractivity contribution in [1.29, 1.82) is 0 Å². The number of carbonyl (C=O) groups is 2. The average molecular weight is 737 g/mol. The third-order valence-corrected chi connectivity index (χ3v) is 13.7. The summed E-state index contributed by atoms with van der Waals surface area (Å²) in [5.74, 6) is 1.65. The van der Waals surface area contributed by atoms with Crippen molar-refractivity contribution in [3.63, 3.8) is 0 Å². The van der Waals surface area contributed by atoms with Gasteiger partial charge in [-0.2, -0.15) is 0 Å². The summed E-state index contributed by atoms with van der Waals surface area (Å²) in [6, 6.07) is 21.8. The largest absolute Gasteiger partial charge is 0.352 e. The third-order valence-electron chi connectivity index (χ3n) is 11.8. The van der Waals surface area contributed by atoms with E-state index in [2.05, 4.69) is 17.4 Å². The summed E-state index contributed by atoms with van der Waals surface area (Å²) in [5.41, 5.74) is 3.48. The van der Waals surface area contributed by atoms with Crippen LogP contribution in [-0.4, -0.2) is 50.0 Å². The molecule has 5 fully saturated rings. The first kappa shape index (κ1) is 35.3. The lowest BCUT2D eigenvalue weighted by Crippen LogP contribution is -2.54. The Morgan fingerprint density at radius 1 is 0.840 bits per heavy atom. The second-order valence-corrected chi connectivity index (χ2v) is 18.2. The van der Waals surface area contributed by atoms with Gasteiger partial charge in [0.05, 0.1) is 22.0 Å². The molecule has 0 unspecified atom stereocenters. The molecule has 0 aromatic heterocycles. The molecule has 4 bridgehead atoms. The van der Waals surface area contributed by atoms with Crippen molar-refractivity contribution < 1.29 is 18.0 Å². The van der Waals surface area contributed by atoms with Crippen LogP contribution in [0, 0.1) is 17.8 Å². The number of benzene rings is 3. The van der Waals surface area contributed by atoms with Gasteiger partial charge in [0, 0.05) is 19.0 Å². The van der Waals surface area contributed by atoms with Crippen LogP contribution in [-0.2, 0) is 38.0 Å². The molecule has 7 nitrogen and oxygen atoms in total. The molecule has 0 saturated heterocycles. The van der Waals surface area contributed by atoms with Crippen molar-refractivity contribution in [3.8, 4) is 0 Å². The highest BCUT2D eigenvalue weighted by molar-refractivity contribution is 7.92. The van der Waals surface area contributed by atoms with Gasteiger partial charge in [-0.25, -0.2) is 8.42 Å². The van der Waals surface area contributed by atoms with Gasteiger partial charge in [-0.3, -0.25) is 13.9 Å². The molecule has 0 spiro atoms. The fourth-order valence-electron chi connectivity index (χ4n) is 9.82. The van der Waals surface area contributed by atoms with Gasteiger partial charge in [-0.05, 0) is 115 Å². The van der Waals surface area contributed by atoms with E-state index in [0.29, 0.717) is 21.3 Å². The highest BCUT2D eigenvalue weighted by atomic mass is 35.5. The Labute approximate surface area is 306 Å². The number of rotatable bonds is 12. The SMILES string of the molecule is CS(=O)(=O)N(CC(=O)N(Cc1ccc(Cl)c(Cl)c1)[C@@H](Cc1ccccc1)C(=O)NC1CCCC1)c1ccc(C23CC4CC(CC(C4)C2)C3)cc1. The van der Waals surface area contributed by atoms with Crippen LogP contribution in [0.2, 0.25) is 10.0 Å². The Morgan fingerprint density at radius 2 is 1.46 bits per heavy atom. The van der Waals surface area contributed by atoms with Crippen molar-refractivity contribution in [3.05, 3.63) is 99.5 Å². The maximum absolute atomic E-state index is 14.6. The van der Waals surface area contributed by atoms with Gasteiger partial charge in [-0.15, -0.1) is 0 Å². The van der Waals surface area contributed by atoms with Crippen LogP contribution in [0.25, 0.3) is 0 Å². The summed E-state index contributed by atoms with van der Waals surface area (Å²) in [6.45, 7) is -0.396. The van der Waals surface area contributed by atoms with E-state index in [1.54, 1.807) is 18.2 Å². The molecule has 1 atom stereocenters. The summed E-state index contributed by atoms with van der Waals surface area (Å²) >= 11 is 12.6. The molecule has 5 aliphatic carbocycles. The van der Waals surface area contributed by atoms with Gasteiger partial charge in [-0.1, -0.05) is 84.6 Å². The quantitative estimate of drug-likeness (QED) is 0.205. The second-order valence-electron chi connectivity index (χ2n) is 15.5. The van der Waals surface area contributed by atoms with Crippen LogP contribution in [0.4, 0.5) is 5.69 Å². The first-order chi connectivity index (χ1) is 24.0. The van der Waals surface area contributed by atoms with Gasteiger partial charge in [0.2, 0.25) is 21.8 Å². The highest BCUT2D eigenvalue weighted by Gasteiger charge is 2.51. The lowest BCUT2D eigenvalue weighted by molar-refractivity contribution is -0.140. The van der Waals surface area contributed by atoms with Gasteiger partial charge in [0.1, 0.15) is 12.6 Å². The van der Waals surface area contributed by atoms with E-state index >= 15 is 0 Å². The average Bonchev–Trinajstić information content (AvgIpc) is 3.59. The minimum Gasteiger partial charge on any atom is -0.352 e.